The van der Waals surface area contributed by atoms with Crippen molar-refractivity contribution >= 4 is 36.4 Å². The number of aliphatic hydroxyl groups excluding tert-OH is 1. The van der Waals surface area contributed by atoms with Crippen molar-refractivity contribution in [2.45, 2.75) is 50.5 Å². The van der Waals surface area contributed by atoms with Crippen molar-refractivity contribution in [1.29, 1.82) is 0 Å². The van der Waals surface area contributed by atoms with E-state index in [2.05, 4.69) is 16.3 Å². The van der Waals surface area contributed by atoms with E-state index in [0.29, 0.717) is 6.54 Å². The van der Waals surface area contributed by atoms with Crippen LogP contribution in [0.5, 0.6) is 0 Å². The summed E-state index contributed by atoms with van der Waals surface area (Å²) >= 11 is 0. The van der Waals surface area contributed by atoms with Gasteiger partial charge in [-0.2, -0.15) is 0 Å². The fraction of sp³-hybridized carbons (Fsp3) is 0.611. The van der Waals surface area contributed by atoms with Crippen LogP contribution in [0.1, 0.15) is 31.2 Å². The molecule has 1 aromatic rings. The average Bonchev–Trinajstić information content (AvgIpc) is 3.07. The van der Waals surface area contributed by atoms with Gasteiger partial charge in [-0.3, -0.25) is 9.69 Å². The second-order valence-electron chi connectivity index (χ2n) is 6.76. The van der Waals surface area contributed by atoms with E-state index in [0.717, 1.165) is 56.6 Å². The van der Waals surface area contributed by atoms with Gasteiger partial charge in [-0.05, 0) is 43.4 Å². The van der Waals surface area contributed by atoms with Crippen molar-refractivity contribution in [3.63, 3.8) is 0 Å². The van der Waals surface area contributed by atoms with E-state index in [1.54, 1.807) is 0 Å². The maximum absolute atomic E-state index is 12.3. The lowest BCUT2D eigenvalue weighted by molar-refractivity contribution is -0.126. The topological polar surface area (TPSA) is 87.8 Å². The van der Waals surface area contributed by atoms with Crippen LogP contribution in [0.25, 0.3) is 0 Å². The van der Waals surface area contributed by atoms with Crippen molar-refractivity contribution in [3.05, 3.63) is 29.8 Å². The van der Waals surface area contributed by atoms with Crippen LogP contribution in [0.3, 0.4) is 0 Å². The Kier molecular flexibility index (Phi) is 9.85. The molecule has 2 fully saturated rings. The van der Waals surface area contributed by atoms with Gasteiger partial charge >= 0.3 is 0 Å². The summed E-state index contributed by atoms with van der Waals surface area (Å²) in [4.78, 5) is 14.6. The summed E-state index contributed by atoms with van der Waals surface area (Å²) < 4.78 is 5.64. The molecular formula is C18H29Cl2N3O3. The van der Waals surface area contributed by atoms with Crippen molar-refractivity contribution in [2.75, 3.05) is 25.0 Å². The molecule has 1 amide bonds. The standard InChI is InChI=1S/C18H27N3O3.2ClH/c19-11-16-4-5-17(24-16)18(23)20-14-3-1-2-13(10-14)12-21-8-6-15(22)7-9-21;;/h1-3,10,15-17,22H,4-9,11-12,19H2,(H,20,23);2*1H/t16-,17+;;/m1../s1. The zero-order valence-electron chi connectivity index (χ0n) is 14.8. The Labute approximate surface area is 167 Å². The molecule has 3 rings (SSSR count). The van der Waals surface area contributed by atoms with E-state index < -0.39 is 6.10 Å². The van der Waals surface area contributed by atoms with Gasteiger partial charge in [0.2, 0.25) is 0 Å². The predicted octanol–water partition coefficient (Wildman–Crippen LogP) is 1.93. The Bertz CT molecular complexity index is 568. The monoisotopic (exact) mass is 405 g/mol. The molecule has 0 aliphatic carbocycles. The molecule has 0 bridgehead atoms. The van der Waals surface area contributed by atoms with Gasteiger partial charge in [0.25, 0.3) is 5.91 Å². The summed E-state index contributed by atoms with van der Waals surface area (Å²) in [6.45, 7) is 3.12. The molecule has 4 N–H and O–H groups in total. The third-order valence-electron chi connectivity index (χ3n) is 4.82. The maximum Gasteiger partial charge on any atom is 0.253 e. The van der Waals surface area contributed by atoms with Crippen LogP contribution in [-0.2, 0) is 16.1 Å². The molecule has 1 aromatic carbocycles. The first kappa shape index (κ1) is 23.1. The molecule has 6 nitrogen and oxygen atoms in total. The van der Waals surface area contributed by atoms with E-state index >= 15 is 0 Å². The van der Waals surface area contributed by atoms with Gasteiger partial charge < -0.3 is 20.9 Å². The van der Waals surface area contributed by atoms with Gasteiger partial charge in [0, 0.05) is 31.9 Å². The Morgan fingerprint density at radius 1 is 1.23 bits per heavy atom. The van der Waals surface area contributed by atoms with Gasteiger partial charge in [0.15, 0.2) is 0 Å². The van der Waals surface area contributed by atoms with E-state index in [1.807, 2.05) is 18.2 Å². The van der Waals surface area contributed by atoms with Gasteiger partial charge in [0.05, 0.1) is 12.2 Å². The van der Waals surface area contributed by atoms with E-state index in [-0.39, 0.29) is 42.9 Å². The number of carbonyl (C=O) groups is 1. The quantitative estimate of drug-likeness (QED) is 0.696. The number of ether oxygens (including phenoxy) is 1. The summed E-state index contributed by atoms with van der Waals surface area (Å²) in [5, 5.41) is 12.5. The molecule has 2 heterocycles. The van der Waals surface area contributed by atoms with Gasteiger partial charge in [-0.25, -0.2) is 0 Å². The Morgan fingerprint density at radius 3 is 2.62 bits per heavy atom. The predicted molar refractivity (Wildman–Crippen MR) is 107 cm³/mol. The van der Waals surface area contributed by atoms with Gasteiger partial charge in [-0.1, -0.05) is 12.1 Å². The van der Waals surface area contributed by atoms with Gasteiger partial charge in [0.1, 0.15) is 6.10 Å². The highest BCUT2D eigenvalue weighted by Gasteiger charge is 2.29. The zero-order chi connectivity index (χ0) is 16.9. The van der Waals surface area contributed by atoms with Crippen LogP contribution in [0.2, 0.25) is 0 Å². The minimum absolute atomic E-state index is 0. The van der Waals surface area contributed by atoms with Crippen LogP contribution in [0.4, 0.5) is 5.69 Å². The third kappa shape index (κ3) is 6.37. The van der Waals surface area contributed by atoms with Crippen molar-refractivity contribution in [3.8, 4) is 0 Å². The summed E-state index contributed by atoms with van der Waals surface area (Å²) in [6, 6.07) is 7.94. The molecule has 0 radical (unpaired) electrons. The fourth-order valence-electron chi connectivity index (χ4n) is 3.38. The number of halogens is 2. The second kappa shape index (κ2) is 11.1. The largest absolute Gasteiger partial charge is 0.393 e. The van der Waals surface area contributed by atoms with Crippen molar-refractivity contribution in [1.82, 2.24) is 4.90 Å². The summed E-state index contributed by atoms with van der Waals surface area (Å²) in [6.07, 6.45) is 2.68. The van der Waals surface area contributed by atoms with E-state index in [9.17, 15) is 9.90 Å². The first-order chi connectivity index (χ1) is 11.6. The molecule has 8 heteroatoms. The highest BCUT2D eigenvalue weighted by atomic mass is 35.5. The molecule has 2 aliphatic heterocycles. The van der Waals surface area contributed by atoms with Crippen LogP contribution in [-0.4, -0.2) is 53.9 Å². The summed E-state index contributed by atoms with van der Waals surface area (Å²) in [5.41, 5.74) is 7.55. The molecule has 0 unspecified atom stereocenters. The number of hydrogen-bond acceptors (Lipinski definition) is 5. The highest BCUT2D eigenvalue weighted by Crippen LogP contribution is 2.21. The average molecular weight is 406 g/mol. The number of piperidine rings is 1. The lowest BCUT2D eigenvalue weighted by Crippen LogP contribution is -2.35. The molecule has 2 saturated heterocycles. The normalized spacial score (nSPS) is 23.8. The van der Waals surface area contributed by atoms with Gasteiger partial charge in [-0.15, -0.1) is 24.8 Å². The number of hydrogen-bond donors (Lipinski definition) is 3. The maximum atomic E-state index is 12.3. The number of likely N-dealkylation sites (tertiary alicyclic amines) is 1. The minimum atomic E-state index is -0.397. The van der Waals surface area contributed by atoms with Crippen molar-refractivity contribution < 1.29 is 14.6 Å². The molecule has 26 heavy (non-hydrogen) atoms. The first-order valence-electron chi connectivity index (χ1n) is 8.80. The fourth-order valence-corrected chi connectivity index (χ4v) is 3.38. The molecule has 148 valence electrons. The van der Waals surface area contributed by atoms with E-state index in [1.165, 1.54) is 0 Å². The third-order valence-corrected chi connectivity index (χ3v) is 4.82. The lowest BCUT2D eigenvalue weighted by atomic mass is 10.1. The first-order valence-corrected chi connectivity index (χ1v) is 8.80. The lowest BCUT2D eigenvalue weighted by Gasteiger charge is -2.29. The Hall–Kier alpha value is -0.890. The van der Waals surface area contributed by atoms with Crippen LogP contribution in [0.15, 0.2) is 24.3 Å². The number of anilines is 1. The van der Waals surface area contributed by atoms with Crippen LogP contribution >= 0.6 is 24.8 Å². The van der Waals surface area contributed by atoms with Crippen LogP contribution in [0, 0.1) is 0 Å². The number of benzene rings is 1. The highest BCUT2D eigenvalue weighted by molar-refractivity contribution is 5.94. The van der Waals surface area contributed by atoms with E-state index in [4.69, 9.17) is 10.5 Å². The Balaban J connectivity index is 0.00000169. The van der Waals surface area contributed by atoms with Crippen LogP contribution < -0.4 is 11.1 Å². The molecule has 0 saturated carbocycles. The molecule has 2 atom stereocenters. The summed E-state index contributed by atoms with van der Waals surface area (Å²) in [5.74, 6) is -0.0933. The number of nitrogens with zero attached hydrogens (tertiary/aromatic N) is 1. The summed E-state index contributed by atoms with van der Waals surface area (Å²) in [7, 11) is 0. The van der Waals surface area contributed by atoms with Crippen molar-refractivity contribution in [2.24, 2.45) is 5.73 Å². The number of carbonyl (C=O) groups excluding carboxylic acids is 1. The Morgan fingerprint density at radius 2 is 1.96 bits per heavy atom. The smallest absolute Gasteiger partial charge is 0.253 e. The number of nitrogens with two attached hydrogens (primary N) is 1. The molecule has 0 aromatic heterocycles. The zero-order valence-corrected chi connectivity index (χ0v) is 16.4. The molecule has 0 spiro atoms. The number of rotatable bonds is 5. The number of aliphatic hydroxyl groups is 1. The molecular weight excluding hydrogens is 377 g/mol. The number of nitrogens with one attached hydrogen (secondary N) is 1. The number of amides is 1. The minimum Gasteiger partial charge on any atom is -0.393 e. The molecule has 2 aliphatic rings. The second-order valence-corrected chi connectivity index (χ2v) is 6.76. The SMILES string of the molecule is Cl.Cl.NC[C@H]1CC[C@@H](C(=O)Nc2cccc(CN3CCC(O)CC3)c2)O1.